The zero-order chi connectivity index (χ0) is 10.3. The summed E-state index contributed by atoms with van der Waals surface area (Å²) in [4.78, 5) is 0. The molecule has 2 rings (SSSR count). The van der Waals surface area contributed by atoms with Crippen LogP contribution in [0.5, 0.6) is 5.75 Å². The number of benzene rings is 1. The van der Waals surface area contributed by atoms with Gasteiger partial charge in [-0.25, -0.2) is 4.39 Å². The Hall–Kier alpha value is -0.805. The van der Waals surface area contributed by atoms with Gasteiger partial charge in [0.1, 0.15) is 5.75 Å². The molecule has 0 radical (unpaired) electrons. The van der Waals surface area contributed by atoms with Crippen molar-refractivity contribution in [2.24, 2.45) is 0 Å². The van der Waals surface area contributed by atoms with Crippen LogP contribution in [0.3, 0.4) is 0 Å². The molecule has 0 bridgehead atoms. The Labute approximate surface area is 89.7 Å². The smallest absolute Gasteiger partial charge is 0.530 e. The first-order chi connectivity index (χ1) is 6.58. The molecule has 0 amide bonds. The van der Waals surface area contributed by atoms with Crippen molar-refractivity contribution in [3.8, 4) is 5.75 Å². The maximum atomic E-state index is 13.3. The summed E-state index contributed by atoms with van der Waals surface area (Å²) in [6, 6.07) is 3.05. The molecule has 0 spiro atoms. The quantitative estimate of drug-likeness (QED) is 0.723. The molecule has 0 saturated carbocycles. The van der Waals surface area contributed by atoms with Crippen LogP contribution in [0.4, 0.5) is 4.39 Å². The molecule has 5 heteroatoms. The number of halogens is 2. The second-order valence-corrected chi connectivity index (χ2v) is 4.08. The van der Waals surface area contributed by atoms with Gasteiger partial charge in [0, 0.05) is 10.0 Å². The van der Waals surface area contributed by atoms with E-state index in [1.807, 2.05) is 0 Å². The third-order valence-electron chi connectivity index (χ3n) is 2.04. The van der Waals surface area contributed by atoms with Gasteiger partial charge in [-0.2, -0.15) is 0 Å². The minimum absolute atomic E-state index is 0.103. The Morgan fingerprint density at radius 3 is 2.93 bits per heavy atom. The maximum Gasteiger partial charge on any atom is 0.555 e. The van der Waals surface area contributed by atoms with Gasteiger partial charge >= 0.3 is 7.12 Å². The van der Waals surface area contributed by atoms with Crippen LogP contribution < -0.4 is 4.65 Å². The van der Waals surface area contributed by atoms with E-state index in [4.69, 9.17) is 4.65 Å². The molecule has 0 fully saturated rings. The molecule has 0 atom stereocenters. The molecule has 0 aliphatic carbocycles. The second kappa shape index (κ2) is 3.40. The van der Waals surface area contributed by atoms with E-state index >= 15 is 0 Å². The summed E-state index contributed by atoms with van der Waals surface area (Å²) in [6.07, 6.45) is 1.71. The van der Waals surface area contributed by atoms with Crippen molar-refractivity contribution in [3.63, 3.8) is 0 Å². The van der Waals surface area contributed by atoms with Crippen LogP contribution >= 0.6 is 15.9 Å². The van der Waals surface area contributed by atoms with E-state index in [0.717, 1.165) is 0 Å². The third-order valence-corrected chi connectivity index (χ3v) is 2.50. The minimum Gasteiger partial charge on any atom is -0.530 e. The lowest BCUT2D eigenvalue weighted by Gasteiger charge is -2.19. The third kappa shape index (κ3) is 1.57. The van der Waals surface area contributed by atoms with E-state index in [9.17, 15) is 9.41 Å². The SMILES string of the molecule is CC1=Cc2cc(Br)cc(F)c2OB1O. The summed E-state index contributed by atoms with van der Waals surface area (Å²) in [5.74, 6) is -0.372. The Morgan fingerprint density at radius 1 is 1.50 bits per heavy atom. The van der Waals surface area contributed by atoms with Crippen molar-refractivity contribution in [2.45, 2.75) is 6.92 Å². The Bertz CT molecular complexity index is 420. The van der Waals surface area contributed by atoms with Gasteiger partial charge < -0.3 is 9.68 Å². The van der Waals surface area contributed by atoms with Gasteiger partial charge in [-0.3, -0.25) is 0 Å². The van der Waals surface area contributed by atoms with Gasteiger partial charge in [-0.1, -0.05) is 22.0 Å². The topological polar surface area (TPSA) is 29.5 Å². The lowest BCUT2D eigenvalue weighted by atomic mass is 9.76. The minimum atomic E-state index is -1.04. The lowest BCUT2D eigenvalue weighted by Crippen LogP contribution is -2.27. The average Bonchev–Trinajstić information content (AvgIpc) is 2.08. The van der Waals surface area contributed by atoms with Gasteiger partial charge in [-0.15, -0.1) is 0 Å². The first kappa shape index (κ1) is 9.74. The van der Waals surface area contributed by atoms with Crippen LogP contribution in [0.2, 0.25) is 0 Å². The van der Waals surface area contributed by atoms with E-state index in [2.05, 4.69) is 15.9 Å². The first-order valence-electron chi connectivity index (χ1n) is 4.10. The van der Waals surface area contributed by atoms with Gasteiger partial charge in [0.15, 0.2) is 5.82 Å². The highest BCUT2D eigenvalue weighted by atomic mass is 79.9. The number of hydrogen-bond acceptors (Lipinski definition) is 2. The molecular formula is C9H7BBrFO2. The first-order valence-corrected chi connectivity index (χ1v) is 4.89. The van der Waals surface area contributed by atoms with Crippen molar-refractivity contribution < 1.29 is 14.1 Å². The van der Waals surface area contributed by atoms with E-state index in [0.29, 0.717) is 15.5 Å². The van der Waals surface area contributed by atoms with Crippen molar-refractivity contribution in [1.82, 2.24) is 0 Å². The summed E-state index contributed by atoms with van der Waals surface area (Å²) in [5.41, 5.74) is 1.30. The highest BCUT2D eigenvalue weighted by molar-refractivity contribution is 9.10. The van der Waals surface area contributed by atoms with Crippen LogP contribution in [0.1, 0.15) is 12.5 Å². The highest BCUT2D eigenvalue weighted by Gasteiger charge is 2.26. The maximum absolute atomic E-state index is 13.3. The van der Waals surface area contributed by atoms with Gasteiger partial charge in [0.25, 0.3) is 0 Å². The number of fused-ring (bicyclic) bond motifs is 1. The van der Waals surface area contributed by atoms with Gasteiger partial charge in [-0.05, 0) is 24.5 Å². The molecule has 1 aromatic carbocycles. The van der Waals surface area contributed by atoms with Crippen molar-refractivity contribution >= 4 is 29.1 Å². The second-order valence-electron chi connectivity index (χ2n) is 3.16. The summed E-state index contributed by atoms with van der Waals surface area (Å²) in [5, 5.41) is 9.35. The molecular weight excluding hydrogens is 250 g/mol. The van der Waals surface area contributed by atoms with E-state index in [1.165, 1.54) is 6.07 Å². The molecule has 14 heavy (non-hydrogen) atoms. The van der Waals surface area contributed by atoms with Gasteiger partial charge in [0.2, 0.25) is 0 Å². The van der Waals surface area contributed by atoms with Crippen molar-refractivity contribution in [2.75, 3.05) is 0 Å². The summed E-state index contributed by atoms with van der Waals surface area (Å²) in [7, 11) is -1.04. The molecule has 0 unspecified atom stereocenters. The number of allylic oxidation sites excluding steroid dienone is 1. The zero-order valence-corrected chi connectivity index (χ0v) is 9.01. The monoisotopic (exact) mass is 256 g/mol. The molecule has 0 aromatic heterocycles. The standard InChI is InChI=1S/C9H7BBrFO2/c1-5-2-6-3-7(11)4-8(12)9(6)14-10(5)13/h2-4,13H,1H3. The molecule has 1 aromatic rings. The average molecular weight is 257 g/mol. The lowest BCUT2D eigenvalue weighted by molar-refractivity contribution is 0.404. The fourth-order valence-electron chi connectivity index (χ4n) is 1.33. The Kier molecular flexibility index (Phi) is 2.37. The fraction of sp³-hybridized carbons (Fsp3) is 0.111. The van der Waals surface area contributed by atoms with Crippen LogP contribution in [-0.4, -0.2) is 12.1 Å². The molecule has 0 saturated heterocycles. The van der Waals surface area contributed by atoms with Crippen LogP contribution in [-0.2, 0) is 0 Å². The summed E-state index contributed by atoms with van der Waals surface area (Å²) < 4.78 is 19.0. The van der Waals surface area contributed by atoms with Crippen LogP contribution in [0, 0.1) is 5.82 Å². The molecule has 1 aliphatic heterocycles. The summed E-state index contributed by atoms with van der Waals surface area (Å²) >= 11 is 3.19. The Morgan fingerprint density at radius 2 is 2.21 bits per heavy atom. The van der Waals surface area contributed by atoms with Crippen LogP contribution in [0.15, 0.2) is 22.1 Å². The molecule has 1 heterocycles. The largest absolute Gasteiger partial charge is 0.555 e. The predicted molar refractivity (Wildman–Crippen MR) is 56.4 cm³/mol. The van der Waals surface area contributed by atoms with Crippen LogP contribution in [0.25, 0.3) is 6.08 Å². The van der Waals surface area contributed by atoms with E-state index in [1.54, 1.807) is 19.1 Å². The Balaban J connectivity index is 2.59. The van der Waals surface area contributed by atoms with Gasteiger partial charge in [0.05, 0.1) is 0 Å². The van der Waals surface area contributed by atoms with E-state index < -0.39 is 12.9 Å². The molecule has 1 aliphatic rings. The molecule has 1 N–H and O–H groups in total. The molecule has 2 nitrogen and oxygen atoms in total. The highest BCUT2D eigenvalue weighted by Crippen LogP contribution is 2.32. The zero-order valence-electron chi connectivity index (χ0n) is 7.42. The normalized spacial score (nSPS) is 14.6. The summed E-state index contributed by atoms with van der Waals surface area (Å²) in [6.45, 7) is 1.73. The molecule has 72 valence electrons. The number of rotatable bonds is 0. The van der Waals surface area contributed by atoms with Crippen molar-refractivity contribution in [1.29, 1.82) is 0 Å². The van der Waals surface area contributed by atoms with Crippen molar-refractivity contribution in [3.05, 3.63) is 33.5 Å². The predicted octanol–water partition coefficient (Wildman–Crippen LogP) is 2.40. The number of hydrogen-bond donors (Lipinski definition) is 1. The van der Waals surface area contributed by atoms with E-state index in [-0.39, 0.29) is 5.75 Å². The fourth-order valence-corrected chi connectivity index (χ4v) is 1.78.